The molecule has 0 bridgehead atoms. The maximum atomic E-state index is 8.11. The maximum Gasteiger partial charge on any atom is 0.152 e. The van der Waals surface area contributed by atoms with E-state index >= 15 is 0 Å². The lowest BCUT2D eigenvalue weighted by Gasteiger charge is -1.85. The lowest BCUT2D eigenvalue weighted by Crippen LogP contribution is -1.63. The Kier molecular flexibility index (Phi) is 14.7. The van der Waals surface area contributed by atoms with Crippen molar-refractivity contribution in [1.29, 1.82) is 0 Å². The first kappa shape index (κ1) is 15.3. The van der Waals surface area contributed by atoms with Gasteiger partial charge in [0.05, 0.1) is 0 Å². The second kappa shape index (κ2) is 14.4. The standard InChI is InChI=1S/C8H8.C4H6.HNO2/c1-2-8-6-4-3-5-7-8;1-3-4-2;2-1-3/h2-7H,1H2;3-4H,1-2H2;(H,2,3). The van der Waals surface area contributed by atoms with Crippen molar-refractivity contribution in [2.45, 2.75) is 0 Å². The molecule has 0 amide bonds. The summed E-state index contributed by atoms with van der Waals surface area (Å²) in [6.45, 7) is 10.4. The van der Waals surface area contributed by atoms with E-state index in [9.17, 15) is 0 Å². The molecular weight excluding hydrogens is 190 g/mol. The zero-order valence-electron chi connectivity index (χ0n) is 8.54. The molecule has 15 heavy (non-hydrogen) atoms. The van der Waals surface area contributed by atoms with Crippen molar-refractivity contribution in [2.24, 2.45) is 5.34 Å². The number of hydrogen-bond acceptors (Lipinski definition) is 2. The number of nitrogens with zero attached hydrogens (tertiary/aromatic N) is 1. The molecule has 0 heterocycles. The molecule has 0 aliphatic carbocycles. The van der Waals surface area contributed by atoms with E-state index in [-0.39, 0.29) is 0 Å². The minimum Gasteiger partial charge on any atom is -0.379 e. The summed E-state index contributed by atoms with van der Waals surface area (Å²) >= 11 is 0. The minimum atomic E-state index is 1.17. The van der Waals surface area contributed by atoms with Gasteiger partial charge in [0.25, 0.3) is 0 Å². The van der Waals surface area contributed by atoms with Gasteiger partial charge >= 0.3 is 0 Å². The first-order chi connectivity index (χ1) is 7.26. The molecule has 0 aliphatic heterocycles. The monoisotopic (exact) mass is 205 g/mol. The van der Waals surface area contributed by atoms with Gasteiger partial charge in [-0.3, -0.25) is 0 Å². The van der Waals surface area contributed by atoms with Crippen molar-refractivity contribution >= 4 is 6.08 Å². The lowest BCUT2D eigenvalue weighted by atomic mass is 10.2. The SMILES string of the molecule is C=CC=C.C=Cc1ccccc1.O=NO. The van der Waals surface area contributed by atoms with Crippen molar-refractivity contribution in [3.63, 3.8) is 0 Å². The summed E-state index contributed by atoms with van der Waals surface area (Å²) in [6.07, 6.45) is 5.11. The van der Waals surface area contributed by atoms with Crippen LogP contribution in [-0.4, -0.2) is 5.21 Å². The van der Waals surface area contributed by atoms with Gasteiger partial charge in [0.1, 0.15) is 0 Å². The smallest absolute Gasteiger partial charge is 0.152 e. The van der Waals surface area contributed by atoms with Crippen molar-refractivity contribution in [1.82, 2.24) is 0 Å². The quantitative estimate of drug-likeness (QED) is 0.453. The summed E-state index contributed by atoms with van der Waals surface area (Å²) in [5.41, 5.74) is 1.17. The first-order valence-corrected chi connectivity index (χ1v) is 4.14. The Morgan fingerprint density at radius 3 is 1.67 bits per heavy atom. The third-order valence-electron chi connectivity index (χ3n) is 1.20. The van der Waals surface area contributed by atoms with E-state index in [2.05, 4.69) is 19.7 Å². The van der Waals surface area contributed by atoms with Crippen molar-refractivity contribution in [3.8, 4) is 0 Å². The van der Waals surface area contributed by atoms with Gasteiger partial charge < -0.3 is 5.21 Å². The summed E-state index contributed by atoms with van der Waals surface area (Å²) in [5, 5.41) is 7.89. The van der Waals surface area contributed by atoms with Crippen molar-refractivity contribution < 1.29 is 5.21 Å². The fourth-order valence-corrected chi connectivity index (χ4v) is 0.589. The summed E-state index contributed by atoms with van der Waals surface area (Å²) in [4.78, 5) is 8.11. The van der Waals surface area contributed by atoms with Crippen LogP contribution in [0.1, 0.15) is 5.56 Å². The molecule has 1 rings (SSSR count). The van der Waals surface area contributed by atoms with Gasteiger partial charge in [-0.1, -0.05) is 68.3 Å². The van der Waals surface area contributed by atoms with Gasteiger partial charge in [-0.15, -0.1) is 4.91 Å². The zero-order chi connectivity index (χ0) is 11.9. The molecular formula is C12H15NO2. The van der Waals surface area contributed by atoms with Crippen LogP contribution in [-0.2, 0) is 0 Å². The van der Waals surface area contributed by atoms with Crippen molar-refractivity contribution in [3.05, 3.63) is 72.7 Å². The highest BCUT2D eigenvalue weighted by molar-refractivity contribution is 5.45. The summed E-state index contributed by atoms with van der Waals surface area (Å²) in [5.74, 6) is 0. The second-order valence-electron chi connectivity index (χ2n) is 2.17. The second-order valence-corrected chi connectivity index (χ2v) is 2.17. The molecule has 3 heteroatoms. The van der Waals surface area contributed by atoms with Crippen LogP contribution in [0.2, 0.25) is 0 Å². The fraction of sp³-hybridized carbons (Fsp3) is 0. The lowest BCUT2D eigenvalue weighted by molar-refractivity contribution is 0.312. The van der Waals surface area contributed by atoms with Gasteiger partial charge in [-0.25, -0.2) is 0 Å². The summed E-state index contributed by atoms with van der Waals surface area (Å²) in [7, 11) is 0. The molecule has 0 spiro atoms. The van der Waals surface area contributed by atoms with Gasteiger partial charge in [0.2, 0.25) is 0 Å². The molecule has 0 aromatic heterocycles. The Morgan fingerprint density at radius 1 is 1.07 bits per heavy atom. The maximum absolute atomic E-state index is 8.11. The Balaban J connectivity index is 0. The highest BCUT2D eigenvalue weighted by Crippen LogP contribution is 1.97. The van der Waals surface area contributed by atoms with Gasteiger partial charge in [-0.05, 0) is 5.56 Å². The summed E-state index contributed by atoms with van der Waals surface area (Å²) < 4.78 is 0. The fourth-order valence-electron chi connectivity index (χ4n) is 0.589. The molecule has 1 aromatic carbocycles. The van der Waals surface area contributed by atoms with Gasteiger partial charge in [0.15, 0.2) is 5.34 Å². The van der Waals surface area contributed by atoms with E-state index in [0.717, 1.165) is 0 Å². The average Bonchev–Trinajstić information content (AvgIpc) is 2.31. The molecule has 1 N–H and O–H groups in total. The number of benzene rings is 1. The zero-order valence-corrected chi connectivity index (χ0v) is 8.54. The van der Waals surface area contributed by atoms with E-state index < -0.39 is 0 Å². The van der Waals surface area contributed by atoms with Crippen LogP contribution in [0.15, 0.2) is 67.6 Å². The largest absolute Gasteiger partial charge is 0.379 e. The van der Waals surface area contributed by atoms with Crippen LogP contribution in [0.3, 0.4) is 0 Å². The van der Waals surface area contributed by atoms with Crippen molar-refractivity contribution in [2.75, 3.05) is 0 Å². The van der Waals surface area contributed by atoms with E-state index in [0.29, 0.717) is 0 Å². The molecule has 1 aromatic rings. The number of hydrogen-bond donors (Lipinski definition) is 1. The molecule has 0 unspecified atom stereocenters. The van der Waals surface area contributed by atoms with Crippen LogP contribution >= 0.6 is 0 Å². The Bertz CT molecular complexity index is 275. The predicted octanol–water partition coefficient (Wildman–Crippen LogP) is 3.83. The Hall–Kier alpha value is -2.16. The highest BCUT2D eigenvalue weighted by Gasteiger charge is 1.75. The Labute approximate surface area is 90.0 Å². The third-order valence-corrected chi connectivity index (χ3v) is 1.20. The highest BCUT2D eigenvalue weighted by atomic mass is 16.6. The number of allylic oxidation sites excluding steroid dienone is 2. The van der Waals surface area contributed by atoms with Crippen LogP contribution in [0.5, 0.6) is 0 Å². The number of rotatable bonds is 2. The molecule has 0 aliphatic rings. The van der Waals surface area contributed by atoms with Crippen LogP contribution < -0.4 is 0 Å². The molecule has 0 fully saturated rings. The first-order valence-electron chi connectivity index (χ1n) is 4.14. The molecule has 0 saturated carbocycles. The molecule has 0 atom stereocenters. The molecule has 80 valence electrons. The normalized spacial score (nSPS) is 6.67. The average molecular weight is 205 g/mol. The topological polar surface area (TPSA) is 49.7 Å². The van der Waals surface area contributed by atoms with Crippen LogP contribution in [0.25, 0.3) is 6.08 Å². The van der Waals surface area contributed by atoms with Gasteiger partial charge in [0, 0.05) is 0 Å². The summed E-state index contributed by atoms with van der Waals surface area (Å²) in [6, 6.07) is 10.0. The molecule has 0 saturated heterocycles. The van der Waals surface area contributed by atoms with Crippen LogP contribution in [0, 0.1) is 4.91 Å². The van der Waals surface area contributed by atoms with Gasteiger partial charge in [-0.2, -0.15) is 0 Å². The van der Waals surface area contributed by atoms with E-state index in [1.807, 2.05) is 36.4 Å². The minimum absolute atomic E-state index is 1.17. The van der Waals surface area contributed by atoms with E-state index in [1.54, 1.807) is 12.2 Å². The Morgan fingerprint density at radius 2 is 1.47 bits per heavy atom. The van der Waals surface area contributed by atoms with E-state index in [1.165, 1.54) is 10.9 Å². The van der Waals surface area contributed by atoms with E-state index in [4.69, 9.17) is 10.1 Å². The molecule has 3 nitrogen and oxygen atoms in total. The third kappa shape index (κ3) is 14.7. The predicted molar refractivity (Wildman–Crippen MR) is 64.5 cm³/mol. The van der Waals surface area contributed by atoms with Crippen LogP contribution in [0.4, 0.5) is 0 Å². The molecule has 0 radical (unpaired) electrons.